The zero-order valence-electron chi connectivity index (χ0n) is 16.0. The maximum Gasteiger partial charge on any atom is 0.573 e. The summed E-state index contributed by atoms with van der Waals surface area (Å²) in [6.45, 7) is 0.366. The number of benzene rings is 1. The molecule has 0 bridgehead atoms. The van der Waals surface area contributed by atoms with Crippen LogP contribution in [0.25, 0.3) is 0 Å². The first kappa shape index (κ1) is 21.6. The molecule has 2 atom stereocenters. The maximum atomic E-state index is 12.3. The van der Waals surface area contributed by atoms with E-state index in [1.807, 2.05) is 0 Å². The second-order valence-corrected chi connectivity index (χ2v) is 6.61. The first-order valence-electron chi connectivity index (χ1n) is 9.15. The molecule has 8 nitrogen and oxygen atoms in total. The van der Waals surface area contributed by atoms with Gasteiger partial charge in [-0.1, -0.05) is 12.1 Å². The molecule has 2 heterocycles. The van der Waals surface area contributed by atoms with Crippen molar-refractivity contribution in [1.82, 2.24) is 9.97 Å². The lowest BCUT2D eigenvalue weighted by molar-refractivity contribution is -0.274. The molecule has 2 N–H and O–H groups in total. The maximum absolute atomic E-state index is 12.3. The third-order valence-electron chi connectivity index (χ3n) is 4.45. The van der Waals surface area contributed by atoms with Gasteiger partial charge in [-0.3, -0.25) is 0 Å². The molecule has 0 spiro atoms. The number of carboxylic acids is 1. The van der Waals surface area contributed by atoms with Gasteiger partial charge < -0.3 is 24.6 Å². The molecule has 0 aliphatic carbocycles. The molecule has 3 rings (SSSR count). The van der Waals surface area contributed by atoms with Gasteiger partial charge >= 0.3 is 18.3 Å². The van der Waals surface area contributed by atoms with Gasteiger partial charge in [-0.25, -0.2) is 4.79 Å². The van der Waals surface area contributed by atoms with Crippen LogP contribution in [0.3, 0.4) is 0 Å². The van der Waals surface area contributed by atoms with Crippen LogP contribution in [0.15, 0.2) is 30.3 Å². The number of halogens is 3. The van der Waals surface area contributed by atoms with E-state index in [0.717, 1.165) is 24.8 Å². The molecule has 1 aliphatic rings. The summed E-state index contributed by atoms with van der Waals surface area (Å²) in [5.74, 6) is -1.20. The van der Waals surface area contributed by atoms with Gasteiger partial charge in [0.25, 0.3) is 0 Å². The number of nitrogens with one attached hydrogen (secondary N) is 1. The fourth-order valence-electron chi connectivity index (χ4n) is 3.11. The van der Waals surface area contributed by atoms with E-state index < -0.39 is 12.3 Å². The highest BCUT2D eigenvalue weighted by Gasteiger charge is 2.31. The molecule has 11 heteroatoms. The summed E-state index contributed by atoms with van der Waals surface area (Å²) in [5.41, 5.74) is 0.555. The number of aromatic nitrogens is 2. The average Bonchev–Trinajstić information content (AvgIpc) is 2.71. The number of ether oxygens (including phenoxy) is 3. The second-order valence-electron chi connectivity index (χ2n) is 6.61. The molecule has 1 aliphatic heterocycles. The first-order chi connectivity index (χ1) is 14.2. The Morgan fingerprint density at radius 3 is 2.63 bits per heavy atom. The van der Waals surface area contributed by atoms with Gasteiger partial charge in [0.05, 0.1) is 19.3 Å². The molecule has 0 unspecified atom stereocenters. The lowest BCUT2D eigenvalue weighted by atomic mass is 9.98. The molecule has 0 radical (unpaired) electrons. The largest absolute Gasteiger partial charge is 0.573 e. The van der Waals surface area contributed by atoms with Crippen molar-refractivity contribution in [2.24, 2.45) is 0 Å². The Hall–Kier alpha value is -3.08. The molecule has 0 amide bonds. The van der Waals surface area contributed by atoms with Crippen molar-refractivity contribution in [2.75, 3.05) is 19.0 Å². The number of hydrogen-bond acceptors (Lipinski definition) is 7. The Bertz CT molecular complexity index is 877. The summed E-state index contributed by atoms with van der Waals surface area (Å²) in [7, 11) is 1.34. The third kappa shape index (κ3) is 5.96. The monoisotopic (exact) mass is 427 g/mol. The van der Waals surface area contributed by atoms with Crippen molar-refractivity contribution < 1.29 is 37.3 Å². The molecule has 1 aromatic heterocycles. The van der Waals surface area contributed by atoms with E-state index in [-0.39, 0.29) is 29.7 Å². The number of carboxylic acid groups (broad SMARTS) is 1. The number of aromatic carboxylic acids is 1. The van der Waals surface area contributed by atoms with Gasteiger partial charge in [-0.05, 0) is 37.0 Å². The highest BCUT2D eigenvalue weighted by atomic mass is 19.4. The van der Waals surface area contributed by atoms with Crippen LogP contribution in [0, 0.1) is 0 Å². The van der Waals surface area contributed by atoms with E-state index in [1.165, 1.54) is 25.3 Å². The van der Waals surface area contributed by atoms with Crippen LogP contribution in [0.1, 0.15) is 41.4 Å². The fourth-order valence-corrected chi connectivity index (χ4v) is 3.11. The van der Waals surface area contributed by atoms with E-state index in [9.17, 15) is 18.0 Å². The van der Waals surface area contributed by atoms with E-state index >= 15 is 0 Å². The van der Waals surface area contributed by atoms with Crippen molar-refractivity contribution in [3.63, 3.8) is 0 Å². The normalized spacial score (nSPS) is 19.2. The number of carbonyl (C=O) groups is 1. The minimum absolute atomic E-state index is 0.0685. The first-order valence-corrected chi connectivity index (χ1v) is 9.15. The van der Waals surface area contributed by atoms with E-state index in [4.69, 9.17) is 14.6 Å². The summed E-state index contributed by atoms with van der Waals surface area (Å²) >= 11 is 0. The van der Waals surface area contributed by atoms with Gasteiger partial charge in [0.1, 0.15) is 11.6 Å². The summed E-state index contributed by atoms with van der Waals surface area (Å²) in [4.78, 5) is 19.0. The molecule has 1 aromatic carbocycles. The topological polar surface area (TPSA) is 103 Å². The smallest absolute Gasteiger partial charge is 0.477 e. The van der Waals surface area contributed by atoms with Crippen molar-refractivity contribution in [1.29, 1.82) is 0 Å². The Labute approximate surface area is 170 Å². The van der Waals surface area contributed by atoms with Crippen LogP contribution >= 0.6 is 0 Å². The summed E-state index contributed by atoms with van der Waals surface area (Å²) < 4.78 is 51.7. The van der Waals surface area contributed by atoms with Crippen LogP contribution in [0.5, 0.6) is 11.8 Å². The van der Waals surface area contributed by atoms with Crippen LogP contribution < -0.4 is 14.8 Å². The highest BCUT2D eigenvalue weighted by Crippen LogP contribution is 2.33. The fraction of sp³-hybridized carbons (Fsp3) is 0.421. The zero-order valence-corrected chi connectivity index (χ0v) is 16.0. The van der Waals surface area contributed by atoms with Crippen LogP contribution in [-0.2, 0) is 4.74 Å². The van der Waals surface area contributed by atoms with Gasteiger partial charge in [-0.15, -0.1) is 13.2 Å². The number of anilines is 1. The average molecular weight is 427 g/mol. The molecular formula is C19H20F3N3O5. The van der Waals surface area contributed by atoms with Crippen molar-refractivity contribution >= 4 is 11.8 Å². The minimum atomic E-state index is -4.73. The van der Waals surface area contributed by atoms with Crippen molar-refractivity contribution in [3.8, 4) is 11.8 Å². The van der Waals surface area contributed by atoms with Gasteiger partial charge in [0.15, 0.2) is 5.69 Å². The Morgan fingerprint density at radius 1 is 1.27 bits per heavy atom. The van der Waals surface area contributed by atoms with Crippen molar-refractivity contribution in [3.05, 3.63) is 41.6 Å². The van der Waals surface area contributed by atoms with Gasteiger partial charge in [-0.2, -0.15) is 9.97 Å². The molecule has 1 fully saturated rings. The summed E-state index contributed by atoms with van der Waals surface area (Å²) in [5, 5.41) is 12.1. The van der Waals surface area contributed by atoms with Gasteiger partial charge in [0.2, 0.25) is 0 Å². The molecule has 2 aromatic rings. The zero-order chi connectivity index (χ0) is 21.7. The standard InChI is InChI=1S/C19H20F3N3O5/c1-28-18-24-14(17(26)27)9-16(25-18)23-10-13-3-2-4-15(29-13)11-5-7-12(8-6-11)30-19(20,21)22/h5-9,13,15H,2-4,10H2,1H3,(H,26,27)(H,23,24,25)/t13-,15+/m1/s1. The number of alkyl halides is 3. The summed E-state index contributed by atoms with van der Waals surface area (Å²) in [6.07, 6.45) is -2.81. The lowest BCUT2D eigenvalue weighted by Gasteiger charge is -2.30. The number of methoxy groups -OCH3 is 1. The quantitative estimate of drug-likeness (QED) is 0.688. The lowest BCUT2D eigenvalue weighted by Crippen LogP contribution is -2.29. The minimum Gasteiger partial charge on any atom is -0.477 e. The van der Waals surface area contributed by atoms with Crippen LogP contribution in [-0.4, -0.2) is 47.2 Å². The molecule has 1 saturated heterocycles. The van der Waals surface area contributed by atoms with Gasteiger partial charge in [0, 0.05) is 12.6 Å². The van der Waals surface area contributed by atoms with Crippen LogP contribution in [0.2, 0.25) is 0 Å². The van der Waals surface area contributed by atoms with Crippen LogP contribution in [0.4, 0.5) is 19.0 Å². The predicted octanol–water partition coefficient (Wildman–Crippen LogP) is 3.80. The van der Waals surface area contributed by atoms with E-state index in [2.05, 4.69) is 20.0 Å². The second kappa shape index (κ2) is 9.16. The number of nitrogens with zero attached hydrogens (tertiary/aromatic N) is 2. The third-order valence-corrected chi connectivity index (χ3v) is 4.45. The van der Waals surface area contributed by atoms with E-state index in [0.29, 0.717) is 12.4 Å². The number of rotatable bonds is 7. The highest BCUT2D eigenvalue weighted by molar-refractivity contribution is 5.86. The Kier molecular flexibility index (Phi) is 6.60. The van der Waals surface area contributed by atoms with Crippen molar-refractivity contribution in [2.45, 2.75) is 37.8 Å². The SMILES string of the molecule is COc1nc(NC[C@H]2CCC[C@@H](c3ccc(OC(F)(F)F)cc3)O2)cc(C(=O)O)n1. The molecule has 0 saturated carbocycles. The Balaban J connectivity index is 1.60. The predicted molar refractivity (Wildman–Crippen MR) is 98.6 cm³/mol. The summed E-state index contributed by atoms with van der Waals surface area (Å²) in [6, 6.07) is 6.85. The molecule has 162 valence electrons. The van der Waals surface area contributed by atoms with E-state index in [1.54, 1.807) is 12.1 Å². The molecule has 30 heavy (non-hydrogen) atoms. The Morgan fingerprint density at radius 2 is 2.00 bits per heavy atom. The molecular weight excluding hydrogens is 407 g/mol. The number of hydrogen-bond donors (Lipinski definition) is 2.